The molecule has 6 heteroatoms. The molecule has 0 aliphatic carbocycles. The Bertz CT molecular complexity index is 625. The number of likely N-dealkylation sites (tertiary alicyclic amines) is 1. The van der Waals surface area contributed by atoms with E-state index in [1.165, 1.54) is 17.9 Å². The van der Waals surface area contributed by atoms with Crippen molar-refractivity contribution in [3.8, 4) is 0 Å². The maximum atomic E-state index is 14.1. The second-order valence-electron chi connectivity index (χ2n) is 6.49. The summed E-state index contributed by atoms with van der Waals surface area (Å²) < 4.78 is 33.3. The number of benzene rings is 1. The van der Waals surface area contributed by atoms with Gasteiger partial charge in [0.05, 0.1) is 12.5 Å². The number of hydrogen-bond acceptors (Lipinski definition) is 3. The largest absolute Gasteiger partial charge is 0.465 e. The van der Waals surface area contributed by atoms with Gasteiger partial charge in [0.15, 0.2) is 0 Å². The molecule has 1 aliphatic heterocycles. The highest BCUT2D eigenvalue weighted by Gasteiger charge is 2.31. The molecule has 25 heavy (non-hydrogen) atoms. The zero-order valence-corrected chi connectivity index (χ0v) is 14.8. The Morgan fingerprint density at radius 3 is 2.52 bits per heavy atom. The molecule has 1 aliphatic rings. The number of halogens is 2. The number of unbranched alkanes of at least 4 members (excludes halogenated alkanes) is 2. The fraction of sp³-hybridized carbons (Fsp3) is 0.579. The van der Waals surface area contributed by atoms with Gasteiger partial charge in [0.1, 0.15) is 17.2 Å². The summed E-state index contributed by atoms with van der Waals surface area (Å²) in [5.74, 6) is -2.82. The van der Waals surface area contributed by atoms with E-state index in [0.717, 1.165) is 25.3 Å². The van der Waals surface area contributed by atoms with E-state index in [2.05, 4.69) is 6.92 Å². The van der Waals surface area contributed by atoms with Crippen molar-refractivity contribution in [3.05, 3.63) is 34.9 Å². The third-order valence-corrected chi connectivity index (χ3v) is 4.61. The van der Waals surface area contributed by atoms with E-state index in [1.807, 2.05) is 0 Å². The highest BCUT2D eigenvalue weighted by atomic mass is 19.1. The summed E-state index contributed by atoms with van der Waals surface area (Å²) in [5, 5.41) is 0. The fourth-order valence-electron chi connectivity index (χ4n) is 2.97. The molecule has 1 amide bonds. The smallest absolute Gasteiger partial charge is 0.309 e. The second-order valence-corrected chi connectivity index (χ2v) is 6.49. The highest BCUT2D eigenvalue weighted by molar-refractivity contribution is 5.95. The molecule has 1 aromatic carbocycles. The van der Waals surface area contributed by atoms with Crippen molar-refractivity contribution < 1.29 is 23.1 Å². The first-order chi connectivity index (χ1) is 12.0. The molecule has 0 bridgehead atoms. The van der Waals surface area contributed by atoms with Crippen LogP contribution in [0.5, 0.6) is 0 Å². The molecule has 1 fully saturated rings. The molecule has 2 rings (SSSR count). The van der Waals surface area contributed by atoms with Gasteiger partial charge in [-0.15, -0.1) is 0 Å². The van der Waals surface area contributed by atoms with Gasteiger partial charge in [-0.1, -0.05) is 25.8 Å². The average Bonchev–Trinajstić information content (AvgIpc) is 2.62. The van der Waals surface area contributed by atoms with Crippen LogP contribution in [-0.4, -0.2) is 36.5 Å². The third kappa shape index (κ3) is 4.77. The number of carbonyl (C=O) groups is 2. The van der Waals surface area contributed by atoms with Crippen molar-refractivity contribution in [3.63, 3.8) is 0 Å². The maximum absolute atomic E-state index is 14.1. The first kappa shape index (κ1) is 19.3. The monoisotopic (exact) mass is 353 g/mol. The maximum Gasteiger partial charge on any atom is 0.309 e. The number of rotatable bonds is 6. The number of hydrogen-bond donors (Lipinski definition) is 0. The summed E-state index contributed by atoms with van der Waals surface area (Å²) in [4.78, 5) is 25.9. The van der Waals surface area contributed by atoms with Crippen molar-refractivity contribution >= 4 is 11.9 Å². The van der Waals surface area contributed by atoms with E-state index >= 15 is 0 Å². The van der Waals surface area contributed by atoms with Crippen LogP contribution in [0.3, 0.4) is 0 Å². The van der Waals surface area contributed by atoms with E-state index in [4.69, 9.17) is 4.74 Å². The number of piperidine rings is 1. The number of esters is 1. The van der Waals surface area contributed by atoms with Gasteiger partial charge in [-0.3, -0.25) is 9.59 Å². The SMILES string of the molecule is CCCCCOC(=O)C1CCN(C(=O)c2c(F)ccc(C)c2F)CC1. The number of amides is 1. The first-order valence-electron chi connectivity index (χ1n) is 8.86. The quantitative estimate of drug-likeness (QED) is 0.576. The summed E-state index contributed by atoms with van der Waals surface area (Å²) in [5.41, 5.74) is -0.282. The Morgan fingerprint density at radius 2 is 1.88 bits per heavy atom. The summed E-state index contributed by atoms with van der Waals surface area (Å²) in [6, 6.07) is 2.41. The van der Waals surface area contributed by atoms with Crippen LogP contribution in [0.2, 0.25) is 0 Å². The standard InChI is InChI=1S/C19H25F2NO3/c1-3-4-5-12-25-19(24)14-8-10-22(11-9-14)18(23)16-15(20)7-6-13(2)17(16)21/h6-7,14H,3-5,8-12H2,1-2H3. The minimum Gasteiger partial charge on any atom is -0.465 e. The Hall–Kier alpha value is -1.98. The molecule has 0 N–H and O–H groups in total. The van der Waals surface area contributed by atoms with Crippen LogP contribution in [0.1, 0.15) is 54.9 Å². The molecule has 0 unspecified atom stereocenters. The van der Waals surface area contributed by atoms with Gasteiger partial charge < -0.3 is 9.64 Å². The normalized spacial score (nSPS) is 15.3. The van der Waals surface area contributed by atoms with Crippen LogP contribution in [0.4, 0.5) is 8.78 Å². The van der Waals surface area contributed by atoms with Crippen LogP contribution in [0.25, 0.3) is 0 Å². The van der Waals surface area contributed by atoms with Gasteiger partial charge in [0.2, 0.25) is 0 Å². The fourth-order valence-corrected chi connectivity index (χ4v) is 2.97. The summed E-state index contributed by atoms with van der Waals surface area (Å²) in [6.45, 7) is 4.58. The van der Waals surface area contributed by atoms with E-state index in [-0.39, 0.29) is 17.5 Å². The summed E-state index contributed by atoms with van der Waals surface area (Å²) in [6.07, 6.45) is 3.84. The van der Waals surface area contributed by atoms with Gasteiger partial charge in [-0.05, 0) is 37.8 Å². The Kier molecular flexibility index (Phi) is 6.91. The van der Waals surface area contributed by atoms with Crippen LogP contribution in [0.15, 0.2) is 12.1 Å². The lowest BCUT2D eigenvalue weighted by atomic mass is 9.96. The first-order valence-corrected chi connectivity index (χ1v) is 8.86. The van der Waals surface area contributed by atoms with E-state index in [1.54, 1.807) is 0 Å². The van der Waals surface area contributed by atoms with Crippen molar-refractivity contribution in [1.29, 1.82) is 0 Å². The Morgan fingerprint density at radius 1 is 1.20 bits per heavy atom. The molecular weight excluding hydrogens is 328 g/mol. The zero-order valence-electron chi connectivity index (χ0n) is 14.8. The van der Waals surface area contributed by atoms with E-state index < -0.39 is 23.1 Å². The van der Waals surface area contributed by atoms with Gasteiger partial charge in [-0.2, -0.15) is 0 Å². The summed E-state index contributed by atoms with van der Waals surface area (Å²) >= 11 is 0. The molecule has 0 aromatic heterocycles. The molecule has 138 valence electrons. The minimum absolute atomic E-state index is 0.232. The van der Waals surface area contributed by atoms with Crippen LogP contribution in [0, 0.1) is 24.5 Å². The molecule has 1 aromatic rings. The highest BCUT2D eigenvalue weighted by Crippen LogP contribution is 2.23. The Balaban J connectivity index is 1.91. The molecule has 4 nitrogen and oxygen atoms in total. The topological polar surface area (TPSA) is 46.6 Å². The Labute approximate surface area is 147 Å². The predicted molar refractivity (Wildman–Crippen MR) is 90.2 cm³/mol. The lowest BCUT2D eigenvalue weighted by Gasteiger charge is -2.31. The van der Waals surface area contributed by atoms with Crippen molar-refractivity contribution in [1.82, 2.24) is 4.90 Å². The zero-order chi connectivity index (χ0) is 18.4. The van der Waals surface area contributed by atoms with Gasteiger partial charge in [-0.25, -0.2) is 8.78 Å². The number of carbonyl (C=O) groups excluding carboxylic acids is 2. The predicted octanol–water partition coefficient (Wildman–Crippen LogP) is 3.86. The van der Waals surface area contributed by atoms with E-state index in [0.29, 0.717) is 32.5 Å². The van der Waals surface area contributed by atoms with Crippen molar-refractivity contribution in [2.75, 3.05) is 19.7 Å². The van der Waals surface area contributed by atoms with Crippen LogP contribution in [-0.2, 0) is 9.53 Å². The summed E-state index contributed by atoms with van der Waals surface area (Å²) in [7, 11) is 0. The van der Waals surface area contributed by atoms with E-state index in [9.17, 15) is 18.4 Å². The minimum atomic E-state index is -0.856. The van der Waals surface area contributed by atoms with Crippen LogP contribution >= 0.6 is 0 Å². The molecule has 0 radical (unpaired) electrons. The molecular formula is C19H25F2NO3. The van der Waals surface area contributed by atoms with Gasteiger partial charge in [0.25, 0.3) is 5.91 Å². The molecule has 1 heterocycles. The lowest BCUT2D eigenvalue weighted by Crippen LogP contribution is -2.41. The third-order valence-electron chi connectivity index (χ3n) is 4.61. The number of ether oxygens (including phenoxy) is 1. The molecule has 0 atom stereocenters. The average molecular weight is 353 g/mol. The molecule has 0 saturated carbocycles. The molecule has 0 spiro atoms. The number of nitrogens with zero attached hydrogens (tertiary/aromatic N) is 1. The number of aryl methyl sites for hydroxylation is 1. The lowest BCUT2D eigenvalue weighted by molar-refractivity contribution is -0.150. The van der Waals surface area contributed by atoms with Crippen molar-refractivity contribution in [2.24, 2.45) is 5.92 Å². The van der Waals surface area contributed by atoms with Crippen LogP contribution < -0.4 is 0 Å². The van der Waals surface area contributed by atoms with Gasteiger partial charge >= 0.3 is 5.97 Å². The van der Waals surface area contributed by atoms with Crippen molar-refractivity contribution in [2.45, 2.75) is 46.0 Å². The molecule has 1 saturated heterocycles. The second kappa shape index (κ2) is 8.92. The van der Waals surface area contributed by atoms with Gasteiger partial charge in [0, 0.05) is 13.1 Å².